The Bertz CT molecular complexity index is 416. The molecular formula is C15H20FN. The third-order valence-electron chi connectivity index (χ3n) is 2.06. The van der Waals surface area contributed by atoms with Crippen molar-refractivity contribution >= 4 is 5.71 Å². The van der Waals surface area contributed by atoms with Crippen molar-refractivity contribution in [1.29, 1.82) is 0 Å². The Balaban J connectivity index is 5.21. The Morgan fingerprint density at radius 1 is 1.24 bits per heavy atom. The lowest BCUT2D eigenvalue weighted by Crippen LogP contribution is -1.89. The zero-order valence-corrected chi connectivity index (χ0v) is 11.0. The highest BCUT2D eigenvalue weighted by Gasteiger charge is 2.02. The van der Waals surface area contributed by atoms with Crippen LogP contribution in [0.5, 0.6) is 0 Å². The van der Waals surface area contributed by atoms with Crippen molar-refractivity contribution in [3.63, 3.8) is 0 Å². The van der Waals surface area contributed by atoms with E-state index in [1.165, 1.54) is 6.08 Å². The summed E-state index contributed by atoms with van der Waals surface area (Å²) in [7, 11) is 0. The number of allylic oxidation sites excluding steroid dienone is 6. The van der Waals surface area contributed by atoms with Gasteiger partial charge in [-0.1, -0.05) is 25.3 Å². The number of aliphatic imine (C=N–C) groups is 1. The van der Waals surface area contributed by atoms with Gasteiger partial charge in [0.25, 0.3) is 0 Å². The van der Waals surface area contributed by atoms with Crippen LogP contribution in [0.25, 0.3) is 0 Å². The molecule has 0 saturated carbocycles. The van der Waals surface area contributed by atoms with Crippen molar-refractivity contribution in [3.05, 3.63) is 60.1 Å². The third-order valence-corrected chi connectivity index (χ3v) is 2.06. The number of nitrogens with zero attached hydrogens (tertiary/aromatic N) is 1. The second-order valence-electron chi connectivity index (χ2n) is 3.84. The average Bonchev–Trinajstić information content (AvgIpc) is 2.26. The van der Waals surface area contributed by atoms with Crippen molar-refractivity contribution in [3.8, 4) is 0 Å². The second-order valence-corrected chi connectivity index (χ2v) is 3.84. The summed E-state index contributed by atoms with van der Waals surface area (Å²) in [6, 6.07) is 0. The van der Waals surface area contributed by atoms with Crippen molar-refractivity contribution in [2.24, 2.45) is 4.99 Å². The second kappa shape index (κ2) is 7.55. The Kier molecular flexibility index (Phi) is 6.80. The number of rotatable bonds is 5. The summed E-state index contributed by atoms with van der Waals surface area (Å²) in [6.45, 7) is 14.7. The normalized spacial score (nSPS) is 13.4. The molecule has 0 saturated heterocycles. The fourth-order valence-corrected chi connectivity index (χ4v) is 1.05. The summed E-state index contributed by atoms with van der Waals surface area (Å²) in [5, 5.41) is 0. The van der Waals surface area contributed by atoms with Crippen LogP contribution in [-0.2, 0) is 0 Å². The molecule has 0 fully saturated rings. The van der Waals surface area contributed by atoms with Gasteiger partial charge in [-0.15, -0.1) is 0 Å². The first-order valence-corrected chi connectivity index (χ1v) is 5.46. The highest BCUT2D eigenvalue weighted by Crippen LogP contribution is 2.18. The maximum absolute atomic E-state index is 13.6. The fourth-order valence-electron chi connectivity index (χ4n) is 1.05. The fraction of sp³-hybridized carbons (Fsp3) is 0.267. The SMILES string of the molecule is C=C/C=C(\N=C(C)C)C(=C)/C=C(F)\C(C)=C/C. The van der Waals surface area contributed by atoms with Crippen LogP contribution >= 0.6 is 0 Å². The van der Waals surface area contributed by atoms with Crippen LogP contribution in [0.15, 0.2) is 65.1 Å². The van der Waals surface area contributed by atoms with E-state index in [1.807, 2.05) is 13.8 Å². The lowest BCUT2D eigenvalue weighted by Gasteiger charge is -2.03. The number of halogens is 1. The highest BCUT2D eigenvalue weighted by atomic mass is 19.1. The molecule has 0 bridgehead atoms. The molecule has 0 N–H and O–H groups in total. The Labute approximate surface area is 103 Å². The van der Waals surface area contributed by atoms with Gasteiger partial charge in [0.2, 0.25) is 0 Å². The number of hydrogen-bond donors (Lipinski definition) is 0. The molecule has 0 aliphatic rings. The molecule has 0 heterocycles. The smallest absolute Gasteiger partial charge is 0.126 e. The predicted octanol–water partition coefficient (Wildman–Crippen LogP) is 4.91. The van der Waals surface area contributed by atoms with Gasteiger partial charge >= 0.3 is 0 Å². The highest BCUT2D eigenvalue weighted by molar-refractivity contribution is 5.80. The van der Waals surface area contributed by atoms with Gasteiger partial charge in [-0.05, 0) is 51.0 Å². The van der Waals surface area contributed by atoms with Gasteiger partial charge < -0.3 is 0 Å². The van der Waals surface area contributed by atoms with Crippen molar-refractivity contribution in [2.45, 2.75) is 27.7 Å². The van der Waals surface area contributed by atoms with Gasteiger partial charge in [0.15, 0.2) is 0 Å². The summed E-state index contributed by atoms with van der Waals surface area (Å²) in [5.74, 6) is -0.295. The van der Waals surface area contributed by atoms with Gasteiger partial charge in [-0.3, -0.25) is 4.99 Å². The van der Waals surface area contributed by atoms with E-state index in [0.717, 1.165) is 5.71 Å². The molecule has 0 aliphatic heterocycles. The van der Waals surface area contributed by atoms with E-state index in [-0.39, 0.29) is 5.83 Å². The molecule has 0 aromatic carbocycles. The molecule has 0 spiro atoms. The van der Waals surface area contributed by atoms with Gasteiger partial charge in [-0.25, -0.2) is 4.39 Å². The average molecular weight is 233 g/mol. The van der Waals surface area contributed by atoms with Crippen molar-refractivity contribution in [1.82, 2.24) is 0 Å². The quantitative estimate of drug-likeness (QED) is 0.472. The molecule has 92 valence electrons. The monoisotopic (exact) mass is 233 g/mol. The van der Waals surface area contributed by atoms with Crippen LogP contribution < -0.4 is 0 Å². The predicted molar refractivity (Wildman–Crippen MR) is 74.8 cm³/mol. The zero-order valence-electron chi connectivity index (χ0n) is 11.0. The summed E-state index contributed by atoms with van der Waals surface area (Å²) in [4.78, 5) is 4.28. The maximum Gasteiger partial charge on any atom is 0.126 e. The molecule has 0 aromatic rings. The van der Waals surface area contributed by atoms with E-state index in [4.69, 9.17) is 0 Å². The topological polar surface area (TPSA) is 12.4 Å². The molecule has 0 atom stereocenters. The largest absolute Gasteiger partial charge is 0.258 e. The van der Waals surface area contributed by atoms with E-state index in [2.05, 4.69) is 18.2 Å². The van der Waals surface area contributed by atoms with E-state index in [1.54, 1.807) is 32.1 Å². The Hall–Kier alpha value is -1.70. The minimum atomic E-state index is -0.295. The molecule has 0 radical (unpaired) electrons. The molecule has 0 amide bonds. The summed E-state index contributed by atoms with van der Waals surface area (Å²) < 4.78 is 13.6. The van der Waals surface area contributed by atoms with E-state index < -0.39 is 0 Å². The molecule has 0 rings (SSSR count). The first-order chi connectivity index (χ1) is 7.92. The van der Waals surface area contributed by atoms with Crippen molar-refractivity contribution < 1.29 is 4.39 Å². The van der Waals surface area contributed by atoms with Crippen LogP contribution in [0.1, 0.15) is 27.7 Å². The molecule has 0 aromatic heterocycles. The lowest BCUT2D eigenvalue weighted by atomic mass is 10.1. The van der Waals surface area contributed by atoms with Crippen LogP contribution in [0, 0.1) is 0 Å². The van der Waals surface area contributed by atoms with Crippen LogP contribution in [0.4, 0.5) is 4.39 Å². The summed E-state index contributed by atoms with van der Waals surface area (Å²) in [6.07, 6.45) is 6.42. The van der Waals surface area contributed by atoms with Gasteiger partial charge in [0, 0.05) is 5.71 Å². The standard InChI is InChI=1S/C15H20FN/c1-7-9-15(17-11(3)4)13(6)10-14(16)12(5)8-2/h7-10H,1,6H2,2-5H3/b12-8-,14-10+,15-9-. The van der Waals surface area contributed by atoms with E-state index >= 15 is 0 Å². The van der Waals surface area contributed by atoms with Gasteiger partial charge in [-0.2, -0.15) is 0 Å². The van der Waals surface area contributed by atoms with Crippen LogP contribution in [-0.4, -0.2) is 5.71 Å². The maximum atomic E-state index is 13.6. The Morgan fingerprint density at radius 3 is 2.24 bits per heavy atom. The molecular weight excluding hydrogens is 213 g/mol. The van der Waals surface area contributed by atoms with Gasteiger partial charge in [0.05, 0.1) is 5.70 Å². The summed E-state index contributed by atoms with van der Waals surface area (Å²) in [5.41, 5.74) is 2.63. The third kappa shape index (κ3) is 5.81. The molecule has 17 heavy (non-hydrogen) atoms. The van der Waals surface area contributed by atoms with Gasteiger partial charge in [0.1, 0.15) is 5.83 Å². The lowest BCUT2D eigenvalue weighted by molar-refractivity contribution is 0.650. The molecule has 1 nitrogen and oxygen atoms in total. The van der Waals surface area contributed by atoms with E-state index in [9.17, 15) is 4.39 Å². The first kappa shape index (κ1) is 15.3. The Morgan fingerprint density at radius 2 is 1.82 bits per heavy atom. The number of hydrogen-bond acceptors (Lipinski definition) is 1. The first-order valence-electron chi connectivity index (χ1n) is 5.46. The van der Waals surface area contributed by atoms with Crippen LogP contribution in [0.3, 0.4) is 0 Å². The molecule has 2 heteroatoms. The molecule has 0 aliphatic carbocycles. The molecule has 0 unspecified atom stereocenters. The van der Waals surface area contributed by atoms with Crippen LogP contribution in [0.2, 0.25) is 0 Å². The zero-order chi connectivity index (χ0) is 13.4. The van der Waals surface area contributed by atoms with E-state index in [0.29, 0.717) is 16.8 Å². The minimum absolute atomic E-state index is 0.295. The van der Waals surface area contributed by atoms with Crippen molar-refractivity contribution in [2.75, 3.05) is 0 Å². The summed E-state index contributed by atoms with van der Waals surface area (Å²) >= 11 is 0. The minimum Gasteiger partial charge on any atom is -0.258 e.